The largest absolute Gasteiger partial charge is 0.388 e. The van der Waals surface area contributed by atoms with Crippen LogP contribution in [0.3, 0.4) is 0 Å². The zero-order chi connectivity index (χ0) is 14.2. The highest BCUT2D eigenvalue weighted by Crippen LogP contribution is 2.38. The summed E-state index contributed by atoms with van der Waals surface area (Å²) in [6.45, 7) is 5.98. The van der Waals surface area contributed by atoms with Gasteiger partial charge >= 0.3 is 0 Å². The van der Waals surface area contributed by atoms with E-state index in [0.717, 1.165) is 18.1 Å². The first kappa shape index (κ1) is 15.1. The molecule has 2 aliphatic heterocycles. The van der Waals surface area contributed by atoms with Crippen LogP contribution in [0, 0.1) is 0 Å². The smallest absolute Gasteiger partial charge is 0.159 e. The van der Waals surface area contributed by atoms with Gasteiger partial charge in [-0.1, -0.05) is 18.7 Å². The highest BCUT2D eigenvalue weighted by Gasteiger charge is 2.52. The highest BCUT2D eigenvalue weighted by molar-refractivity contribution is 8.14. The van der Waals surface area contributed by atoms with Crippen molar-refractivity contribution in [1.82, 2.24) is 5.32 Å². The fourth-order valence-electron chi connectivity index (χ4n) is 2.26. The molecule has 1 saturated heterocycles. The van der Waals surface area contributed by atoms with Gasteiger partial charge in [-0.05, 0) is 20.3 Å². The number of hydrogen-bond acceptors (Lipinski definition) is 7. The van der Waals surface area contributed by atoms with Crippen molar-refractivity contribution < 1.29 is 20.1 Å². The Balaban J connectivity index is 2.08. The van der Waals surface area contributed by atoms with Gasteiger partial charge in [-0.3, -0.25) is 4.99 Å². The summed E-state index contributed by atoms with van der Waals surface area (Å²) in [4.78, 5) is 4.35. The number of aliphatic hydroxyl groups excluding tert-OH is 2. The SMILES string of the molecule is CCCNC1=N[C@@H]2[C@@H](O)[C@H](O)[C@@H](C(C)(C)O)O[C@@H]2S1. The molecule has 0 amide bonds. The number of aliphatic hydroxyl groups is 3. The van der Waals surface area contributed by atoms with Crippen LogP contribution in [-0.4, -0.2) is 62.4 Å². The number of thioether (sulfide) groups is 1. The lowest BCUT2D eigenvalue weighted by atomic mass is 9.89. The summed E-state index contributed by atoms with van der Waals surface area (Å²) in [7, 11) is 0. The molecule has 0 spiro atoms. The quantitative estimate of drug-likeness (QED) is 0.569. The third-order valence-corrected chi connectivity index (χ3v) is 4.38. The molecule has 0 bridgehead atoms. The first-order valence-corrected chi connectivity index (χ1v) is 7.45. The van der Waals surface area contributed by atoms with Crippen molar-refractivity contribution in [2.75, 3.05) is 6.54 Å². The molecule has 5 atom stereocenters. The van der Waals surface area contributed by atoms with E-state index in [1.54, 1.807) is 13.8 Å². The van der Waals surface area contributed by atoms with Crippen LogP contribution >= 0.6 is 11.8 Å². The van der Waals surface area contributed by atoms with Crippen LogP contribution in [0.5, 0.6) is 0 Å². The van der Waals surface area contributed by atoms with Crippen molar-refractivity contribution in [3.63, 3.8) is 0 Å². The van der Waals surface area contributed by atoms with Gasteiger partial charge in [0.1, 0.15) is 29.8 Å². The standard InChI is InChI=1S/C12H22N2O4S/c1-4-5-13-11-14-6-7(15)8(16)9(12(2,3)17)18-10(6)19-11/h6-10,15-17H,4-5H2,1-3H3,(H,13,14)/t6-,7-,8+,9+,10-/m1/s1. The topological polar surface area (TPSA) is 94.3 Å². The van der Waals surface area contributed by atoms with Crippen LogP contribution in [-0.2, 0) is 4.74 Å². The van der Waals surface area contributed by atoms with Crippen LogP contribution < -0.4 is 5.32 Å². The molecular weight excluding hydrogens is 268 g/mol. The predicted molar refractivity (Wildman–Crippen MR) is 74.1 cm³/mol. The number of fused-ring (bicyclic) bond motifs is 1. The minimum atomic E-state index is -1.22. The van der Waals surface area contributed by atoms with Crippen LogP contribution in [0.25, 0.3) is 0 Å². The summed E-state index contributed by atoms with van der Waals surface area (Å²) in [6, 6.07) is -0.488. The lowest BCUT2D eigenvalue weighted by molar-refractivity contribution is -0.208. The number of aliphatic imine (C=N–C) groups is 1. The van der Waals surface area contributed by atoms with E-state index in [1.807, 2.05) is 0 Å². The zero-order valence-corrected chi connectivity index (χ0v) is 12.2. The second kappa shape index (κ2) is 5.57. The molecule has 4 N–H and O–H groups in total. The van der Waals surface area contributed by atoms with Gasteiger partial charge in [-0.25, -0.2) is 0 Å². The summed E-state index contributed by atoms with van der Waals surface area (Å²) < 4.78 is 5.72. The molecule has 6 nitrogen and oxygen atoms in total. The van der Waals surface area contributed by atoms with Crippen molar-refractivity contribution in [2.45, 2.75) is 62.6 Å². The van der Waals surface area contributed by atoms with E-state index in [0.29, 0.717) is 0 Å². The Kier molecular flexibility index (Phi) is 4.42. The number of rotatable bonds is 3. The van der Waals surface area contributed by atoms with Gasteiger partial charge in [0.05, 0.1) is 5.60 Å². The third kappa shape index (κ3) is 3.05. The normalized spacial score (nSPS) is 38.8. The van der Waals surface area contributed by atoms with E-state index in [4.69, 9.17) is 4.74 Å². The highest BCUT2D eigenvalue weighted by atomic mass is 32.2. The lowest BCUT2D eigenvalue weighted by Crippen LogP contribution is -2.61. The molecule has 2 aliphatic rings. The van der Waals surface area contributed by atoms with E-state index in [9.17, 15) is 15.3 Å². The van der Waals surface area contributed by atoms with E-state index >= 15 is 0 Å². The number of amidine groups is 1. The molecule has 2 heterocycles. The van der Waals surface area contributed by atoms with E-state index in [-0.39, 0.29) is 5.44 Å². The van der Waals surface area contributed by atoms with E-state index in [2.05, 4.69) is 17.2 Å². The van der Waals surface area contributed by atoms with Gasteiger partial charge in [0.2, 0.25) is 0 Å². The average molecular weight is 290 g/mol. The Morgan fingerprint density at radius 3 is 2.63 bits per heavy atom. The first-order valence-electron chi connectivity index (χ1n) is 6.57. The summed E-state index contributed by atoms with van der Waals surface area (Å²) in [5, 5.41) is 34.1. The van der Waals surface area contributed by atoms with Crippen molar-refractivity contribution in [3.8, 4) is 0 Å². The fourth-order valence-corrected chi connectivity index (χ4v) is 3.39. The lowest BCUT2D eigenvalue weighted by Gasteiger charge is -2.43. The van der Waals surface area contributed by atoms with Crippen LogP contribution in [0.4, 0.5) is 0 Å². The zero-order valence-electron chi connectivity index (χ0n) is 11.4. The molecule has 0 unspecified atom stereocenters. The van der Waals surface area contributed by atoms with Gasteiger partial charge in [0, 0.05) is 6.54 Å². The molecule has 1 fully saturated rings. The summed E-state index contributed by atoms with van der Waals surface area (Å²) in [5.74, 6) is 0. The Hall–Kier alpha value is -0.340. The van der Waals surface area contributed by atoms with Crippen LogP contribution in [0.1, 0.15) is 27.2 Å². The number of nitrogens with zero attached hydrogens (tertiary/aromatic N) is 1. The predicted octanol–water partition coefficient (Wildman–Crippen LogP) is -0.325. The van der Waals surface area contributed by atoms with Gasteiger partial charge < -0.3 is 25.4 Å². The Bertz CT molecular complexity index is 358. The molecule has 2 rings (SSSR count). The minimum Gasteiger partial charge on any atom is -0.388 e. The molecule has 0 radical (unpaired) electrons. The Morgan fingerprint density at radius 2 is 2.05 bits per heavy atom. The molecule has 0 saturated carbocycles. The summed E-state index contributed by atoms with van der Waals surface area (Å²) in [6.07, 6.45) is -2.01. The molecule has 0 aromatic carbocycles. The third-order valence-electron chi connectivity index (χ3n) is 3.29. The van der Waals surface area contributed by atoms with E-state index < -0.39 is 30.0 Å². The maximum atomic E-state index is 10.1. The number of ether oxygens (including phenoxy) is 1. The molecule has 0 aliphatic carbocycles. The van der Waals surface area contributed by atoms with Crippen LogP contribution in [0.2, 0.25) is 0 Å². The van der Waals surface area contributed by atoms with Crippen molar-refractivity contribution in [1.29, 1.82) is 0 Å². The van der Waals surface area contributed by atoms with Gasteiger partial charge in [0.25, 0.3) is 0 Å². The number of nitrogens with one attached hydrogen (secondary N) is 1. The molecular formula is C12H22N2O4S. The minimum absolute atomic E-state index is 0.366. The summed E-state index contributed by atoms with van der Waals surface area (Å²) >= 11 is 1.39. The average Bonchev–Trinajstić information content (AvgIpc) is 2.73. The Labute approximate surface area is 117 Å². The first-order chi connectivity index (χ1) is 8.84. The maximum absolute atomic E-state index is 10.1. The molecule has 0 aromatic heterocycles. The van der Waals surface area contributed by atoms with Crippen LogP contribution in [0.15, 0.2) is 4.99 Å². The van der Waals surface area contributed by atoms with Crippen molar-refractivity contribution in [3.05, 3.63) is 0 Å². The van der Waals surface area contributed by atoms with Crippen molar-refractivity contribution in [2.24, 2.45) is 4.99 Å². The number of hydrogen-bond donors (Lipinski definition) is 4. The maximum Gasteiger partial charge on any atom is 0.159 e. The van der Waals surface area contributed by atoms with Crippen molar-refractivity contribution >= 4 is 16.9 Å². The second-order valence-electron chi connectivity index (χ2n) is 5.53. The molecule has 19 heavy (non-hydrogen) atoms. The fraction of sp³-hybridized carbons (Fsp3) is 0.917. The van der Waals surface area contributed by atoms with E-state index in [1.165, 1.54) is 11.8 Å². The van der Waals surface area contributed by atoms with Gasteiger partial charge in [0.15, 0.2) is 5.17 Å². The molecule has 0 aromatic rings. The molecule has 110 valence electrons. The van der Waals surface area contributed by atoms with Gasteiger partial charge in [-0.2, -0.15) is 0 Å². The Morgan fingerprint density at radius 1 is 1.37 bits per heavy atom. The van der Waals surface area contributed by atoms with Gasteiger partial charge in [-0.15, -0.1) is 0 Å². The summed E-state index contributed by atoms with van der Waals surface area (Å²) in [5.41, 5.74) is -1.58. The second-order valence-corrected chi connectivity index (χ2v) is 6.62. The monoisotopic (exact) mass is 290 g/mol. The molecule has 7 heteroatoms.